The maximum absolute atomic E-state index is 5.43. The van der Waals surface area contributed by atoms with Crippen LogP contribution in [0.3, 0.4) is 0 Å². The summed E-state index contributed by atoms with van der Waals surface area (Å²) in [5, 5.41) is 0. The minimum Gasteiger partial charge on any atom is -0.247 e. The van der Waals surface area contributed by atoms with Crippen LogP contribution < -0.4 is 0 Å². The largest absolute Gasteiger partial charge is 0.247 e. The van der Waals surface area contributed by atoms with Crippen LogP contribution in [0.5, 0.6) is 0 Å². The third kappa shape index (κ3) is 6.19. The lowest BCUT2D eigenvalue weighted by Gasteiger charge is -2.19. The summed E-state index contributed by atoms with van der Waals surface area (Å²) in [5.74, 6) is 0. The number of hydrogen-bond acceptors (Lipinski definition) is 2. The zero-order chi connectivity index (χ0) is 34.7. The number of fused-ring (bicyclic) bond motifs is 2. The summed E-state index contributed by atoms with van der Waals surface area (Å²) in [4.78, 5) is 10.9. The van der Waals surface area contributed by atoms with Crippen LogP contribution in [0, 0.1) is 0 Å². The predicted octanol–water partition coefficient (Wildman–Crippen LogP) is 13.0. The molecule has 0 bridgehead atoms. The van der Waals surface area contributed by atoms with E-state index in [1.54, 1.807) is 0 Å². The van der Waals surface area contributed by atoms with Crippen LogP contribution in [0.1, 0.15) is 22.3 Å². The second-order valence-corrected chi connectivity index (χ2v) is 13.0. The van der Waals surface area contributed by atoms with Crippen molar-refractivity contribution in [3.63, 3.8) is 0 Å². The number of aliphatic imine (C=N–C) groups is 2. The minimum absolute atomic E-state index is 0.890. The Labute approximate surface area is 304 Å². The highest BCUT2D eigenvalue weighted by Crippen LogP contribution is 2.35. The van der Waals surface area contributed by atoms with Crippen LogP contribution in [-0.2, 0) is 0 Å². The summed E-state index contributed by atoms with van der Waals surface area (Å²) in [6, 6.07) is 72.7. The van der Waals surface area contributed by atoms with Gasteiger partial charge in [-0.3, -0.25) is 0 Å². The summed E-state index contributed by atoms with van der Waals surface area (Å²) in [6.07, 6.45) is 0. The SMILES string of the molecule is c1ccc(-c2ccc(-c3cccc(/C4=N/c5ccccc5/C(c5cccc(-c6ccc(-c7ccccc7)cc6)c5)=N\c5ccccc54)c3)cc2)cc1. The molecule has 1 aliphatic rings. The third-order valence-corrected chi connectivity index (χ3v) is 9.71. The molecule has 0 N–H and O–H groups in total. The van der Waals surface area contributed by atoms with Gasteiger partial charge in [-0.25, -0.2) is 9.98 Å². The van der Waals surface area contributed by atoms with Crippen molar-refractivity contribution in [3.05, 3.63) is 229 Å². The normalized spacial score (nSPS) is 14.1. The van der Waals surface area contributed by atoms with E-state index in [0.29, 0.717) is 0 Å². The van der Waals surface area contributed by atoms with Crippen molar-refractivity contribution in [2.24, 2.45) is 9.98 Å². The lowest BCUT2D eigenvalue weighted by atomic mass is 9.93. The first-order valence-electron chi connectivity index (χ1n) is 17.7. The third-order valence-electron chi connectivity index (χ3n) is 9.71. The number of nitrogens with zero attached hydrogens (tertiary/aromatic N) is 2. The lowest BCUT2D eigenvalue weighted by Crippen LogP contribution is -2.10. The van der Waals surface area contributed by atoms with Gasteiger partial charge in [-0.1, -0.05) is 182 Å². The molecule has 2 nitrogen and oxygen atoms in total. The Hall–Kier alpha value is -6.90. The highest BCUT2D eigenvalue weighted by Gasteiger charge is 2.20. The summed E-state index contributed by atoms with van der Waals surface area (Å²) in [7, 11) is 0. The molecule has 1 aliphatic heterocycles. The Bertz CT molecular complexity index is 2400. The van der Waals surface area contributed by atoms with E-state index < -0.39 is 0 Å². The Morgan fingerprint density at radius 2 is 0.500 bits per heavy atom. The second-order valence-electron chi connectivity index (χ2n) is 13.0. The van der Waals surface area contributed by atoms with E-state index in [9.17, 15) is 0 Å². The molecule has 0 aromatic heterocycles. The van der Waals surface area contributed by atoms with Crippen molar-refractivity contribution in [1.82, 2.24) is 0 Å². The van der Waals surface area contributed by atoms with Gasteiger partial charge in [0, 0.05) is 22.3 Å². The molecule has 0 radical (unpaired) electrons. The Morgan fingerprint density at radius 1 is 0.212 bits per heavy atom. The molecule has 8 aromatic rings. The lowest BCUT2D eigenvalue weighted by molar-refractivity contribution is 1.39. The Kier molecular flexibility index (Phi) is 8.24. The fourth-order valence-electron chi connectivity index (χ4n) is 7.01. The van der Waals surface area contributed by atoms with Gasteiger partial charge in [0.1, 0.15) is 0 Å². The molecule has 0 amide bonds. The molecular formula is C50H34N2. The number of benzene rings is 8. The van der Waals surface area contributed by atoms with E-state index in [1.807, 2.05) is 0 Å². The molecule has 8 aromatic carbocycles. The molecule has 0 unspecified atom stereocenters. The van der Waals surface area contributed by atoms with Crippen molar-refractivity contribution < 1.29 is 0 Å². The van der Waals surface area contributed by atoms with Crippen LogP contribution in [0.2, 0.25) is 0 Å². The Balaban J connectivity index is 1.10. The van der Waals surface area contributed by atoms with Gasteiger partial charge in [-0.15, -0.1) is 0 Å². The molecule has 244 valence electrons. The average molecular weight is 663 g/mol. The van der Waals surface area contributed by atoms with Gasteiger partial charge in [0.15, 0.2) is 0 Å². The van der Waals surface area contributed by atoms with Gasteiger partial charge in [-0.2, -0.15) is 0 Å². The van der Waals surface area contributed by atoms with E-state index in [2.05, 4.69) is 206 Å². The summed E-state index contributed by atoms with van der Waals surface area (Å²) < 4.78 is 0. The van der Waals surface area contributed by atoms with Crippen molar-refractivity contribution in [3.8, 4) is 44.5 Å². The zero-order valence-electron chi connectivity index (χ0n) is 28.5. The quantitative estimate of drug-likeness (QED) is 0.169. The van der Waals surface area contributed by atoms with E-state index in [1.165, 1.54) is 22.3 Å². The van der Waals surface area contributed by atoms with E-state index in [4.69, 9.17) is 9.98 Å². The van der Waals surface area contributed by atoms with E-state index in [-0.39, 0.29) is 0 Å². The van der Waals surface area contributed by atoms with E-state index >= 15 is 0 Å². The van der Waals surface area contributed by atoms with Gasteiger partial charge < -0.3 is 0 Å². The van der Waals surface area contributed by atoms with Crippen LogP contribution in [0.25, 0.3) is 44.5 Å². The van der Waals surface area contributed by atoms with Gasteiger partial charge in [0.25, 0.3) is 0 Å². The Morgan fingerprint density at radius 3 is 0.904 bits per heavy atom. The molecule has 0 aliphatic carbocycles. The number of rotatable bonds is 6. The molecule has 0 saturated carbocycles. The van der Waals surface area contributed by atoms with Gasteiger partial charge in [0.05, 0.1) is 22.8 Å². The first-order valence-corrected chi connectivity index (χ1v) is 17.7. The fourth-order valence-corrected chi connectivity index (χ4v) is 7.01. The number of para-hydroxylation sites is 2. The topological polar surface area (TPSA) is 24.7 Å². The highest BCUT2D eigenvalue weighted by atomic mass is 14.8. The molecule has 1 heterocycles. The number of hydrogen-bond donors (Lipinski definition) is 0. The highest BCUT2D eigenvalue weighted by molar-refractivity contribution is 6.23. The van der Waals surface area contributed by atoms with Gasteiger partial charge in [-0.05, 0) is 68.8 Å². The van der Waals surface area contributed by atoms with Crippen molar-refractivity contribution >= 4 is 22.8 Å². The summed E-state index contributed by atoms with van der Waals surface area (Å²) in [5.41, 5.74) is 17.1. The molecule has 9 rings (SSSR count). The second kappa shape index (κ2) is 13.8. The first-order chi connectivity index (χ1) is 25.8. The zero-order valence-corrected chi connectivity index (χ0v) is 28.5. The molecule has 2 heteroatoms. The van der Waals surface area contributed by atoms with Crippen LogP contribution in [0.15, 0.2) is 216 Å². The van der Waals surface area contributed by atoms with Crippen LogP contribution in [-0.4, -0.2) is 11.4 Å². The van der Waals surface area contributed by atoms with Crippen molar-refractivity contribution in [1.29, 1.82) is 0 Å². The predicted molar refractivity (Wildman–Crippen MR) is 218 cm³/mol. The average Bonchev–Trinajstić information content (AvgIpc) is 3.22. The van der Waals surface area contributed by atoms with Gasteiger partial charge in [0.2, 0.25) is 0 Å². The monoisotopic (exact) mass is 662 g/mol. The maximum atomic E-state index is 5.43. The molecule has 0 saturated heterocycles. The fraction of sp³-hybridized carbons (Fsp3) is 0. The molecule has 52 heavy (non-hydrogen) atoms. The smallest absolute Gasteiger partial charge is 0.0803 e. The van der Waals surface area contributed by atoms with Crippen LogP contribution >= 0.6 is 0 Å². The summed E-state index contributed by atoms with van der Waals surface area (Å²) >= 11 is 0. The van der Waals surface area contributed by atoms with E-state index in [0.717, 1.165) is 67.3 Å². The van der Waals surface area contributed by atoms with Crippen molar-refractivity contribution in [2.45, 2.75) is 0 Å². The van der Waals surface area contributed by atoms with Crippen LogP contribution in [0.4, 0.5) is 11.4 Å². The van der Waals surface area contributed by atoms with Crippen molar-refractivity contribution in [2.75, 3.05) is 0 Å². The summed E-state index contributed by atoms with van der Waals surface area (Å²) in [6.45, 7) is 0. The standard InChI is InChI=1S/C50H34N2/c1-3-13-35(14-4-1)37-25-29-39(30-26-37)41-17-11-19-43(33-41)49-45-21-7-9-23-47(45)52-50(46-22-8-10-24-48(46)51-49)44-20-12-18-42(34-44)40-31-27-38(28-32-40)36-15-5-2-6-16-36/h1-34H/b49-45?,50-46?,51-48?,51-49-,52-47?,52-50-. The van der Waals surface area contributed by atoms with Gasteiger partial charge >= 0.3 is 0 Å². The first kappa shape index (κ1) is 31.1. The maximum Gasteiger partial charge on any atom is 0.0803 e. The molecule has 0 atom stereocenters. The minimum atomic E-state index is 0.890. The molecule has 0 spiro atoms. The molecular weight excluding hydrogens is 629 g/mol. The molecule has 0 fully saturated rings.